The van der Waals surface area contributed by atoms with E-state index in [4.69, 9.17) is 21.0 Å². The molecule has 11 heteroatoms. The van der Waals surface area contributed by atoms with E-state index in [1.807, 2.05) is 43.2 Å². The summed E-state index contributed by atoms with van der Waals surface area (Å²) >= 11 is 0. The molecule has 2 unspecified atom stereocenters. The maximum absolute atomic E-state index is 10.5. The lowest BCUT2D eigenvalue weighted by atomic mass is 9.54. The number of aliphatic hydroxyl groups is 2. The number of fused-ring (bicyclic) bond motifs is 2. The molecule has 2 saturated heterocycles. The van der Waals surface area contributed by atoms with Crippen molar-refractivity contribution in [3.8, 4) is 0 Å². The van der Waals surface area contributed by atoms with Gasteiger partial charge in [-0.15, -0.1) is 0 Å². The van der Waals surface area contributed by atoms with Crippen molar-refractivity contribution < 1.29 is 19.8 Å². The number of piperidine rings is 1. The average Bonchev–Trinajstić information content (AvgIpc) is 3.71. The molecule has 0 amide bonds. The number of dihydropyridines is 1. The van der Waals surface area contributed by atoms with Crippen molar-refractivity contribution in [3.05, 3.63) is 70.5 Å². The highest BCUT2D eigenvalue weighted by atomic mass is 16.5. The minimum atomic E-state index is -0.800. The van der Waals surface area contributed by atoms with Crippen molar-refractivity contribution in [2.75, 3.05) is 32.8 Å². The van der Waals surface area contributed by atoms with Crippen molar-refractivity contribution in [1.29, 1.82) is 5.41 Å². The first kappa shape index (κ1) is 36.0. The van der Waals surface area contributed by atoms with E-state index < -0.39 is 5.95 Å². The molecule has 3 aliphatic heterocycles. The third kappa shape index (κ3) is 7.44. The van der Waals surface area contributed by atoms with Gasteiger partial charge in [0.05, 0.1) is 31.5 Å². The van der Waals surface area contributed by atoms with E-state index in [0.29, 0.717) is 41.4 Å². The van der Waals surface area contributed by atoms with Gasteiger partial charge in [0.2, 0.25) is 0 Å². The summed E-state index contributed by atoms with van der Waals surface area (Å²) in [6, 6.07) is 0. The Bertz CT molecular complexity index is 1620. The van der Waals surface area contributed by atoms with E-state index in [0.717, 1.165) is 87.0 Å². The molecular weight excluding hydrogens is 628 g/mol. The molecule has 2 saturated carbocycles. The first-order chi connectivity index (χ1) is 23.9. The smallest absolute Gasteiger partial charge is 0.299 e. The van der Waals surface area contributed by atoms with Gasteiger partial charge in [0.15, 0.2) is 0 Å². The van der Waals surface area contributed by atoms with Crippen LogP contribution in [0.2, 0.25) is 0 Å². The van der Waals surface area contributed by atoms with Gasteiger partial charge in [0.1, 0.15) is 29.7 Å². The maximum Gasteiger partial charge on any atom is 0.299 e. The lowest BCUT2D eigenvalue weighted by Crippen LogP contribution is -3.10. The molecule has 4 heterocycles. The van der Waals surface area contributed by atoms with E-state index >= 15 is 0 Å². The van der Waals surface area contributed by atoms with E-state index in [1.165, 1.54) is 25.9 Å². The van der Waals surface area contributed by atoms with Crippen molar-refractivity contribution in [3.63, 3.8) is 0 Å². The summed E-state index contributed by atoms with van der Waals surface area (Å²) in [6.45, 7) is 16.6. The van der Waals surface area contributed by atoms with Crippen LogP contribution in [0.1, 0.15) is 96.7 Å². The molecule has 50 heavy (non-hydrogen) atoms. The predicted octanol–water partition coefficient (Wildman–Crippen LogP) is 5.26. The molecule has 2 aliphatic carbocycles. The molecule has 5 aliphatic rings. The molecule has 2 bridgehead atoms. The fourth-order valence-electron chi connectivity index (χ4n) is 9.97. The van der Waals surface area contributed by atoms with Crippen LogP contribution in [-0.2, 0) is 11.3 Å². The zero-order valence-corrected chi connectivity index (χ0v) is 30.8. The summed E-state index contributed by atoms with van der Waals surface area (Å²) in [5.74, 6) is 1.69. The number of nitrogens with one attached hydrogen (secondary N) is 3. The van der Waals surface area contributed by atoms with Crippen molar-refractivity contribution >= 4 is 17.2 Å². The molecule has 11 nitrogen and oxygen atoms in total. The van der Waals surface area contributed by atoms with Crippen LogP contribution in [0.3, 0.4) is 0 Å². The highest BCUT2D eigenvalue weighted by molar-refractivity contribution is 6.08. The Morgan fingerprint density at radius 3 is 2.56 bits per heavy atom. The van der Waals surface area contributed by atoms with Crippen LogP contribution in [0.4, 0.5) is 0 Å². The van der Waals surface area contributed by atoms with Gasteiger partial charge >= 0.3 is 0 Å². The van der Waals surface area contributed by atoms with Crippen LogP contribution in [0.15, 0.2) is 64.2 Å². The Hall–Kier alpha value is -3.83. The number of aliphatic hydroxyl groups excluding tert-OH is 1. The number of quaternary nitrogens is 1. The monoisotopic (exact) mass is 687 g/mol. The fourth-order valence-corrected chi connectivity index (χ4v) is 9.97. The van der Waals surface area contributed by atoms with Crippen LogP contribution in [0.25, 0.3) is 5.57 Å². The topological polar surface area (TPSA) is 149 Å². The zero-order valence-electron chi connectivity index (χ0n) is 30.8. The van der Waals surface area contributed by atoms with Crippen molar-refractivity contribution in [2.45, 2.75) is 105 Å². The summed E-state index contributed by atoms with van der Waals surface area (Å²) in [4.78, 5) is 7.83. The number of amidine groups is 2. The summed E-state index contributed by atoms with van der Waals surface area (Å²) in [7, 11) is 0. The molecule has 0 radical (unpaired) electrons. The SMILES string of the molecule is C/C=C/N=C(N)/C(C)=C1/CCCN(C2=CC=C(c3cnn(CC45CC(C)CC(OCC[NH+]6CCCC6)(CC(C)C4)C5)c3C)C(=C(O)O)N2)C1=N. The summed E-state index contributed by atoms with van der Waals surface area (Å²) < 4.78 is 9.06. The first-order valence-electron chi connectivity index (χ1n) is 18.8. The van der Waals surface area contributed by atoms with Crippen LogP contribution < -0.4 is 16.0 Å². The number of allylic oxidation sites excluding steroid dienone is 4. The maximum atomic E-state index is 10.5. The van der Waals surface area contributed by atoms with Crippen LogP contribution in [0, 0.1) is 29.6 Å². The minimum absolute atomic E-state index is 0.0607. The summed E-state index contributed by atoms with van der Waals surface area (Å²) in [6.07, 6.45) is 19.0. The molecule has 6 rings (SSSR count). The minimum Gasteiger partial charge on any atom is -0.480 e. The van der Waals surface area contributed by atoms with Gasteiger partial charge in [-0.05, 0) is 101 Å². The summed E-state index contributed by atoms with van der Waals surface area (Å²) in [5.41, 5.74) is 10.6. The number of aliphatic imine (C=N–C) groups is 1. The molecule has 4 fully saturated rings. The van der Waals surface area contributed by atoms with Crippen LogP contribution in [-0.4, -0.2) is 75.0 Å². The molecule has 1 aromatic heterocycles. The lowest BCUT2D eigenvalue weighted by Gasteiger charge is -2.56. The Balaban J connectivity index is 1.23. The molecule has 2 atom stereocenters. The lowest BCUT2D eigenvalue weighted by molar-refractivity contribution is -0.888. The number of aromatic nitrogens is 2. The zero-order chi connectivity index (χ0) is 35.6. The Kier molecular flexibility index (Phi) is 10.6. The second kappa shape index (κ2) is 14.8. The highest BCUT2D eigenvalue weighted by Crippen LogP contribution is 2.57. The first-order valence-corrected chi connectivity index (χ1v) is 18.8. The third-order valence-corrected chi connectivity index (χ3v) is 11.8. The van der Waals surface area contributed by atoms with Crippen molar-refractivity contribution in [2.24, 2.45) is 28.0 Å². The molecule has 0 aromatic carbocycles. The van der Waals surface area contributed by atoms with Gasteiger partial charge in [-0.1, -0.05) is 19.9 Å². The number of nitrogens with two attached hydrogens (primary N) is 1. The van der Waals surface area contributed by atoms with E-state index in [-0.39, 0.29) is 16.7 Å². The Labute approximate surface area is 297 Å². The number of nitrogens with zero attached hydrogens (tertiary/aromatic N) is 4. The molecule has 0 spiro atoms. The average molecular weight is 688 g/mol. The van der Waals surface area contributed by atoms with E-state index in [1.54, 1.807) is 11.1 Å². The van der Waals surface area contributed by atoms with Gasteiger partial charge in [0.25, 0.3) is 5.95 Å². The number of rotatable bonds is 10. The van der Waals surface area contributed by atoms with Gasteiger partial charge in [-0.25, -0.2) is 4.99 Å². The van der Waals surface area contributed by atoms with Crippen LogP contribution >= 0.6 is 0 Å². The quantitative estimate of drug-likeness (QED) is 0.112. The van der Waals surface area contributed by atoms with Crippen molar-refractivity contribution in [1.82, 2.24) is 20.0 Å². The number of ether oxygens (including phenoxy) is 1. The Morgan fingerprint density at radius 2 is 1.88 bits per heavy atom. The van der Waals surface area contributed by atoms with Gasteiger partial charge in [-0.3, -0.25) is 10.1 Å². The van der Waals surface area contributed by atoms with Gasteiger partial charge in [-0.2, -0.15) is 5.10 Å². The van der Waals surface area contributed by atoms with Gasteiger partial charge < -0.3 is 35.8 Å². The number of hydrogen-bond acceptors (Lipinski definition) is 7. The normalized spacial score (nSPS) is 30.4. The Morgan fingerprint density at radius 1 is 1.16 bits per heavy atom. The van der Waals surface area contributed by atoms with Crippen LogP contribution in [0.5, 0.6) is 0 Å². The second-order valence-electron chi connectivity index (χ2n) is 15.9. The van der Waals surface area contributed by atoms with E-state index in [9.17, 15) is 10.2 Å². The molecule has 272 valence electrons. The number of likely N-dealkylation sites (tertiary alicyclic amines) is 2. The predicted molar refractivity (Wildman–Crippen MR) is 199 cm³/mol. The molecule has 1 aromatic rings. The largest absolute Gasteiger partial charge is 0.480 e. The molecule has 7 N–H and O–H groups in total. The highest BCUT2D eigenvalue weighted by Gasteiger charge is 2.53. The van der Waals surface area contributed by atoms with Gasteiger partial charge in [0, 0.05) is 54.5 Å². The number of hydrogen-bond donors (Lipinski definition) is 6. The third-order valence-electron chi connectivity index (χ3n) is 11.8. The van der Waals surface area contributed by atoms with E-state index in [2.05, 4.69) is 35.8 Å². The second-order valence-corrected chi connectivity index (χ2v) is 15.9. The standard InChI is InChI=1S/C39H58N8O3/c1-6-13-42-35(40)28(4)30-10-9-16-46(36(30)41)33-12-11-31(34(44-33)37(48)49)32-23-43-47(29(32)5)25-38-19-26(2)21-39(24-38,22-27(3)20-38)50-18-17-45-14-7-8-15-45/h6,11-13,23,26-27,41,44,48-49H,7-10,14-22,24-25H2,1-5H3,(H2,40,42)/p+1/b13-6+,30-28-,41-36?. The summed E-state index contributed by atoms with van der Waals surface area (Å²) in [5, 5.41) is 38.2. The molecular formula is C39H59N8O3+. The fraction of sp³-hybridized carbons (Fsp3) is 0.615.